The predicted molar refractivity (Wildman–Crippen MR) is 101 cm³/mol. The van der Waals surface area contributed by atoms with E-state index in [1.165, 1.54) is 0 Å². The lowest BCUT2D eigenvalue weighted by molar-refractivity contribution is -0.138. The van der Waals surface area contributed by atoms with Gasteiger partial charge in [-0.05, 0) is 30.5 Å². The average molecular weight is 360 g/mol. The highest BCUT2D eigenvalue weighted by atomic mass is 16.2. The Labute approximate surface area is 157 Å². The van der Waals surface area contributed by atoms with Gasteiger partial charge in [-0.2, -0.15) is 10.4 Å². The summed E-state index contributed by atoms with van der Waals surface area (Å²) >= 11 is 0. The number of piperidine rings is 1. The van der Waals surface area contributed by atoms with Gasteiger partial charge in [0, 0.05) is 31.6 Å². The summed E-state index contributed by atoms with van der Waals surface area (Å²) in [4.78, 5) is 15.2. The number of hydrogen-bond donors (Lipinski definition) is 0. The largest absolute Gasteiger partial charge is 0.355 e. The fourth-order valence-electron chi connectivity index (χ4n) is 3.67. The van der Waals surface area contributed by atoms with Gasteiger partial charge in [0.15, 0.2) is 11.5 Å². The minimum atomic E-state index is -0.0333. The first-order valence-corrected chi connectivity index (χ1v) is 9.15. The first-order chi connectivity index (χ1) is 13.3. The summed E-state index contributed by atoms with van der Waals surface area (Å²) in [5.74, 6) is 0.818. The van der Waals surface area contributed by atoms with Crippen LogP contribution in [-0.2, 0) is 4.79 Å². The van der Waals surface area contributed by atoms with Crippen molar-refractivity contribution in [2.75, 3.05) is 18.0 Å². The van der Waals surface area contributed by atoms with E-state index in [1.54, 1.807) is 11.1 Å². The quantitative estimate of drug-likeness (QED) is 0.839. The number of benzene rings is 1. The standard InChI is InChI=1S/C20H20N6O/c21-14-17-6-7-19(24-23-17)25-12-9-16(10-13-25)20(27)26-18(8-11-22-26)15-4-2-1-3-5-15/h1-7,11,16,18H,8-10,12-13H2/t18-/m0/s1. The molecule has 0 bridgehead atoms. The molecule has 2 aliphatic rings. The topological polar surface area (TPSA) is 85.5 Å². The fraction of sp³-hybridized carbons (Fsp3) is 0.350. The third-order valence-electron chi connectivity index (χ3n) is 5.17. The van der Waals surface area contributed by atoms with Gasteiger partial charge in [-0.1, -0.05) is 30.3 Å². The summed E-state index contributed by atoms with van der Waals surface area (Å²) in [6.45, 7) is 1.48. The first kappa shape index (κ1) is 17.2. The van der Waals surface area contributed by atoms with Crippen LogP contribution >= 0.6 is 0 Å². The minimum absolute atomic E-state index is 0.00104. The smallest absolute Gasteiger partial charge is 0.246 e. The third-order valence-corrected chi connectivity index (χ3v) is 5.17. The summed E-state index contributed by atoms with van der Waals surface area (Å²) < 4.78 is 0. The molecule has 0 spiro atoms. The van der Waals surface area contributed by atoms with Crippen LogP contribution in [0.15, 0.2) is 47.6 Å². The van der Waals surface area contributed by atoms with E-state index >= 15 is 0 Å². The second kappa shape index (κ2) is 7.54. The van der Waals surface area contributed by atoms with E-state index in [4.69, 9.17) is 5.26 Å². The first-order valence-electron chi connectivity index (χ1n) is 9.15. The third kappa shape index (κ3) is 3.51. The molecule has 27 heavy (non-hydrogen) atoms. The molecule has 0 saturated carbocycles. The summed E-state index contributed by atoms with van der Waals surface area (Å²) in [6, 6.07) is 15.5. The van der Waals surface area contributed by atoms with E-state index in [2.05, 4.69) is 20.2 Å². The molecule has 0 radical (unpaired) electrons. The number of rotatable bonds is 3. The molecule has 7 nitrogen and oxygen atoms in total. The molecule has 1 atom stereocenters. The van der Waals surface area contributed by atoms with Gasteiger partial charge in [-0.15, -0.1) is 10.2 Å². The second-order valence-corrected chi connectivity index (χ2v) is 6.79. The molecule has 0 aliphatic carbocycles. The molecule has 136 valence electrons. The zero-order chi connectivity index (χ0) is 18.6. The van der Waals surface area contributed by atoms with Gasteiger partial charge < -0.3 is 4.90 Å². The number of carbonyl (C=O) groups is 1. The molecule has 0 N–H and O–H groups in total. The van der Waals surface area contributed by atoms with Gasteiger partial charge in [0.05, 0.1) is 6.04 Å². The zero-order valence-electron chi connectivity index (χ0n) is 14.9. The lowest BCUT2D eigenvalue weighted by Gasteiger charge is -2.34. The van der Waals surface area contributed by atoms with E-state index in [1.807, 2.05) is 48.7 Å². The number of carbonyl (C=O) groups excluding carboxylic acids is 1. The predicted octanol–water partition coefficient (Wildman–Crippen LogP) is 2.52. The van der Waals surface area contributed by atoms with Crippen LogP contribution < -0.4 is 4.90 Å². The second-order valence-electron chi connectivity index (χ2n) is 6.79. The highest BCUT2D eigenvalue weighted by Crippen LogP contribution is 2.32. The molecule has 3 heterocycles. The highest BCUT2D eigenvalue weighted by molar-refractivity contribution is 5.82. The molecule has 4 rings (SSSR count). The van der Waals surface area contributed by atoms with Gasteiger partial charge in [-0.25, -0.2) is 5.01 Å². The van der Waals surface area contributed by atoms with Crippen LogP contribution in [0, 0.1) is 17.2 Å². The maximum absolute atomic E-state index is 13.0. The Morgan fingerprint density at radius 1 is 1.07 bits per heavy atom. The molecule has 0 unspecified atom stereocenters. The van der Waals surface area contributed by atoms with Crippen LogP contribution in [0.4, 0.5) is 5.82 Å². The van der Waals surface area contributed by atoms with E-state index in [0.29, 0.717) is 5.69 Å². The van der Waals surface area contributed by atoms with Gasteiger partial charge in [0.1, 0.15) is 6.07 Å². The minimum Gasteiger partial charge on any atom is -0.355 e. The molecule has 1 fully saturated rings. The molecule has 2 aliphatic heterocycles. The lowest BCUT2D eigenvalue weighted by atomic mass is 9.94. The van der Waals surface area contributed by atoms with Gasteiger partial charge in [0.25, 0.3) is 0 Å². The summed E-state index contributed by atoms with van der Waals surface area (Å²) in [5, 5.41) is 22.8. The van der Waals surface area contributed by atoms with Crippen LogP contribution in [0.1, 0.15) is 36.6 Å². The number of aromatic nitrogens is 2. The van der Waals surface area contributed by atoms with Crippen molar-refractivity contribution < 1.29 is 4.79 Å². The molecular formula is C20H20N6O. The molecule has 7 heteroatoms. The average Bonchev–Trinajstić information content (AvgIpc) is 3.24. The van der Waals surface area contributed by atoms with E-state index < -0.39 is 0 Å². The lowest BCUT2D eigenvalue weighted by Crippen LogP contribution is -2.41. The number of hydrazone groups is 1. The van der Waals surface area contributed by atoms with Crippen molar-refractivity contribution in [3.63, 3.8) is 0 Å². The zero-order valence-corrected chi connectivity index (χ0v) is 14.9. The molecule has 1 saturated heterocycles. The number of nitrogens with zero attached hydrogens (tertiary/aromatic N) is 6. The Kier molecular flexibility index (Phi) is 4.79. The van der Waals surface area contributed by atoms with Crippen LogP contribution in [-0.4, -0.2) is 40.4 Å². The number of hydrogen-bond acceptors (Lipinski definition) is 6. The Morgan fingerprint density at radius 3 is 2.52 bits per heavy atom. The normalized spacial score (nSPS) is 19.9. The van der Waals surface area contributed by atoms with Crippen molar-refractivity contribution in [3.8, 4) is 6.07 Å². The van der Waals surface area contributed by atoms with Gasteiger partial charge in [-0.3, -0.25) is 4.79 Å². The Bertz CT molecular complexity index is 866. The number of nitriles is 1. The van der Waals surface area contributed by atoms with Crippen molar-refractivity contribution in [1.82, 2.24) is 15.2 Å². The van der Waals surface area contributed by atoms with Crippen LogP contribution in [0.2, 0.25) is 0 Å². The van der Waals surface area contributed by atoms with Crippen molar-refractivity contribution in [2.45, 2.75) is 25.3 Å². The van der Waals surface area contributed by atoms with E-state index in [0.717, 1.165) is 43.7 Å². The van der Waals surface area contributed by atoms with E-state index in [9.17, 15) is 4.79 Å². The van der Waals surface area contributed by atoms with Crippen molar-refractivity contribution in [1.29, 1.82) is 5.26 Å². The molecule has 1 aromatic heterocycles. The number of anilines is 1. The maximum Gasteiger partial charge on any atom is 0.246 e. The van der Waals surface area contributed by atoms with Crippen molar-refractivity contribution >= 4 is 17.9 Å². The number of amides is 1. The Balaban J connectivity index is 1.39. The van der Waals surface area contributed by atoms with Crippen LogP contribution in [0.3, 0.4) is 0 Å². The van der Waals surface area contributed by atoms with Crippen molar-refractivity contribution in [2.24, 2.45) is 11.0 Å². The van der Waals surface area contributed by atoms with Crippen LogP contribution in [0.5, 0.6) is 0 Å². The summed E-state index contributed by atoms with van der Waals surface area (Å²) in [7, 11) is 0. The fourth-order valence-corrected chi connectivity index (χ4v) is 3.67. The van der Waals surface area contributed by atoms with Gasteiger partial charge >= 0.3 is 0 Å². The van der Waals surface area contributed by atoms with E-state index in [-0.39, 0.29) is 17.9 Å². The summed E-state index contributed by atoms with van der Waals surface area (Å²) in [6.07, 6.45) is 4.11. The monoisotopic (exact) mass is 360 g/mol. The Morgan fingerprint density at radius 2 is 1.85 bits per heavy atom. The molecule has 1 aromatic carbocycles. The molecule has 1 amide bonds. The van der Waals surface area contributed by atoms with Crippen LogP contribution in [0.25, 0.3) is 0 Å². The van der Waals surface area contributed by atoms with Crippen molar-refractivity contribution in [3.05, 3.63) is 53.7 Å². The Hall–Kier alpha value is -3.27. The van der Waals surface area contributed by atoms with Gasteiger partial charge in [0.2, 0.25) is 5.91 Å². The highest BCUT2D eigenvalue weighted by Gasteiger charge is 2.34. The molecular weight excluding hydrogens is 340 g/mol. The molecule has 2 aromatic rings. The SMILES string of the molecule is N#Cc1ccc(N2CCC(C(=O)N3N=CC[C@H]3c3ccccc3)CC2)nn1. The summed E-state index contributed by atoms with van der Waals surface area (Å²) in [5.41, 5.74) is 1.43. The maximum atomic E-state index is 13.0.